The molecule has 6 nitrogen and oxygen atoms in total. The van der Waals surface area contributed by atoms with Gasteiger partial charge in [-0.25, -0.2) is 9.97 Å². The fourth-order valence-corrected chi connectivity index (χ4v) is 5.76. The second-order valence-electron chi connectivity index (χ2n) is 10.9. The maximum absolute atomic E-state index is 13.9. The zero-order valence-electron chi connectivity index (χ0n) is 22.5. The van der Waals surface area contributed by atoms with Crippen molar-refractivity contribution in [3.05, 3.63) is 76.1 Å². The van der Waals surface area contributed by atoms with Crippen molar-refractivity contribution in [3.8, 4) is 0 Å². The first kappa shape index (κ1) is 27.1. The Bertz CT molecular complexity index is 1380. The molecule has 0 saturated carbocycles. The van der Waals surface area contributed by atoms with E-state index < -0.39 is 17.2 Å². The number of rotatable bonds is 7. The largest absolute Gasteiger partial charge is 0.419 e. The number of benzene rings is 2. The molecule has 1 amide bonds. The molecule has 3 aromatic rings. The fraction of sp³-hybridized carbons (Fsp3) is 0.433. The Morgan fingerprint density at radius 3 is 2.56 bits per heavy atom. The Morgan fingerprint density at radius 1 is 1.08 bits per heavy atom. The number of halogens is 3. The van der Waals surface area contributed by atoms with Crippen LogP contribution in [0.2, 0.25) is 0 Å². The number of aromatic nitrogens is 2. The molecule has 39 heavy (non-hydrogen) atoms. The number of amides is 1. The molecule has 206 valence electrons. The number of piperidine rings is 1. The van der Waals surface area contributed by atoms with Crippen LogP contribution in [0.4, 0.5) is 30.5 Å². The first-order chi connectivity index (χ1) is 18.6. The van der Waals surface area contributed by atoms with Crippen molar-refractivity contribution in [1.82, 2.24) is 15.3 Å². The molecule has 0 aliphatic carbocycles. The van der Waals surface area contributed by atoms with Crippen LogP contribution in [0.1, 0.15) is 73.0 Å². The highest BCUT2D eigenvalue weighted by atomic mass is 19.4. The molecule has 2 aliphatic heterocycles. The molecular weight excluding hydrogens is 503 g/mol. The van der Waals surface area contributed by atoms with Crippen LogP contribution in [0.3, 0.4) is 0 Å². The lowest BCUT2D eigenvalue weighted by Crippen LogP contribution is -2.27. The van der Waals surface area contributed by atoms with Crippen molar-refractivity contribution in [1.29, 1.82) is 0 Å². The van der Waals surface area contributed by atoms with Gasteiger partial charge in [0.1, 0.15) is 0 Å². The predicted molar refractivity (Wildman–Crippen MR) is 146 cm³/mol. The lowest BCUT2D eigenvalue weighted by Gasteiger charge is -2.24. The Morgan fingerprint density at radius 2 is 1.85 bits per heavy atom. The SMILES string of the molecule is CCc1cc(C2CCNCC2)ccc1Nc1ncc(C(F)(F)F)c(CCc2cccc3c2C(C)(C)C(=O)N3)n1. The number of fused-ring (bicyclic) bond motifs is 1. The fourth-order valence-electron chi connectivity index (χ4n) is 5.76. The monoisotopic (exact) mass is 537 g/mol. The number of nitrogens with one attached hydrogen (secondary N) is 3. The highest BCUT2D eigenvalue weighted by Gasteiger charge is 2.40. The highest BCUT2D eigenvalue weighted by Crippen LogP contribution is 2.40. The smallest absolute Gasteiger partial charge is 0.325 e. The summed E-state index contributed by atoms with van der Waals surface area (Å²) in [6, 6.07) is 11.8. The van der Waals surface area contributed by atoms with Gasteiger partial charge < -0.3 is 16.0 Å². The summed E-state index contributed by atoms with van der Waals surface area (Å²) in [5, 5.41) is 9.44. The number of alkyl halides is 3. The molecule has 1 saturated heterocycles. The lowest BCUT2D eigenvalue weighted by atomic mass is 9.82. The van der Waals surface area contributed by atoms with E-state index in [2.05, 4.69) is 45.0 Å². The molecule has 1 aromatic heterocycles. The summed E-state index contributed by atoms with van der Waals surface area (Å²) in [7, 11) is 0. The van der Waals surface area contributed by atoms with Crippen LogP contribution in [-0.2, 0) is 35.6 Å². The minimum Gasteiger partial charge on any atom is -0.325 e. The third kappa shape index (κ3) is 5.50. The molecule has 0 bridgehead atoms. The zero-order valence-corrected chi connectivity index (χ0v) is 22.5. The zero-order chi connectivity index (χ0) is 27.8. The second-order valence-corrected chi connectivity index (χ2v) is 10.9. The van der Waals surface area contributed by atoms with E-state index in [9.17, 15) is 18.0 Å². The normalized spacial score (nSPS) is 17.1. The summed E-state index contributed by atoms with van der Waals surface area (Å²) < 4.78 is 41.7. The summed E-state index contributed by atoms with van der Waals surface area (Å²) in [6.07, 6.45) is -0.385. The van der Waals surface area contributed by atoms with Gasteiger partial charge in [-0.2, -0.15) is 13.2 Å². The Hall–Kier alpha value is -3.46. The van der Waals surface area contributed by atoms with Gasteiger partial charge in [0, 0.05) is 17.6 Å². The standard InChI is InChI=1S/C30H34F3N5O/c1-4-18-16-21(19-12-14-34-15-13-19)9-10-23(18)37-28-35-17-22(30(31,32)33)24(38-28)11-8-20-6-5-7-25-26(20)29(2,3)27(39)36-25/h5-7,9-10,16-17,19,34H,4,8,11-15H2,1-3H3,(H,36,39)(H,35,37,38). The van der Waals surface area contributed by atoms with Crippen molar-refractivity contribution in [3.63, 3.8) is 0 Å². The number of anilines is 3. The summed E-state index contributed by atoms with van der Waals surface area (Å²) in [5.41, 5.74) is 3.87. The Labute approximate surface area is 226 Å². The topological polar surface area (TPSA) is 78.9 Å². The van der Waals surface area contributed by atoms with E-state index >= 15 is 0 Å². The Kier molecular flexibility index (Phi) is 7.37. The van der Waals surface area contributed by atoms with Gasteiger partial charge in [-0.05, 0) is 99.3 Å². The molecule has 0 radical (unpaired) electrons. The number of nitrogens with zero attached hydrogens (tertiary/aromatic N) is 2. The van der Waals surface area contributed by atoms with Gasteiger partial charge in [-0.3, -0.25) is 4.79 Å². The molecule has 0 atom stereocenters. The van der Waals surface area contributed by atoms with Gasteiger partial charge >= 0.3 is 6.18 Å². The van der Waals surface area contributed by atoms with Crippen molar-refractivity contribution in [2.75, 3.05) is 23.7 Å². The number of aryl methyl sites for hydroxylation is 3. The van der Waals surface area contributed by atoms with E-state index in [1.165, 1.54) is 5.56 Å². The van der Waals surface area contributed by atoms with Crippen molar-refractivity contribution in [2.45, 2.75) is 70.4 Å². The van der Waals surface area contributed by atoms with Crippen molar-refractivity contribution < 1.29 is 18.0 Å². The summed E-state index contributed by atoms with van der Waals surface area (Å²) in [4.78, 5) is 20.8. The minimum atomic E-state index is -4.58. The number of hydrogen-bond acceptors (Lipinski definition) is 5. The molecule has 3 N–H and O–H groups in total. The van der Waals surface area contributed by atoms with Crippen LogP contribution in [0, 0.1) is 0 Å². The quantitative estimate of drug-likeness (QED) is 0.331. The van der Waals surface area contributed by atoms with Crippen LogP contribution in [0.25, 0.3) is 0 Å². The molecular formula is C30H34F3N5O. The van der Waals surface area contributed by atoms with E-state index in [0.717, 1.165) is 60.9 Å². The van der Waals surface area contributed by atoms with Crippen molar-refractivity contribution in [2.24, 2.45) is 0 Å². The van der Waals surface area contributed by atoms with E-state index in [1.807, 2.05) is 38.1 Å². The molecule has 9 heteroatoms. The highest BCUT2D eigenvalue weighted by molar-refractivity contribution is 6.06. The molecule has 2 aliphatic rings. The van der Waals surface area contributed by atoms with Gasteiger partial charge in [-0.15, -0.1) is 0 Å². The average Bonchev–Trinajstić information content (AvgIpc) is 3.15. The molecule has 1 fully saturated rings. The van der Waals surface area contributed by atoms with Crippen LogP contribution < -0.4 is 16.0 Å². The number of carbonyl (C=O) groups excluding carboxylic acids is 1. The van der Waals surface area contributed by atoms with Crippen LogP contribution in [0.15, 0.2) is 42.6 Å². The molecule has 0 spiro atoms. The maximum Gasteiger partial charge on any atom is 0.419 e. The summed E-state index contributed by atoms with van der Waals surface area (Å²) in [6.45, 7) is 7.72. The molecule has 0 unspecified atom stereocenters. The van der Waals surface area contributed by atoms with Crippen LogP contribution in [-0.4, -0.2) is 29.0 Å². The van der Waals surface area contributed by atoms with Gasteiger partial charge in [0.15, 0.2) is 0 Å². The lowest BCUT2D eigenvalue weighted by molar-refractivity contribution is -0.138. The molecule has 2 aromatic carbocycles. The molecule has 5 rings (SSSR count). The molecule has 3 heterocycles. The van der Waals surface area contributed by atoms with E-state index in [-0.39, 0.29) is 24.0 Å². The van der Waals surface area contributed by atoms with Gasteiger partial charge in [0.2, 0.25) is 11.9 Å². The predicted octanol–water partition coefficient (Wildman–Crippen LogP) is 6.28. The van der Waals surface area contributed by atoms with E-state index in [4.69, 9.17) is 0 Å². The second kappa shape index (κ2) is 10.6. The third-order valence-corrected chi connectivity index (χ3v) is 7.96. The third-order valence-electron chi connectivity index (χ3n) is 7.96. The van der Waals surface area contributed by atoms with E-state index in [1.54, 1.807) is 0 Å². The van der Waals surface area contributed by atoms with Gasteiger partial charge in [-0.1, -0.05) is 31.2 Å². The first-order valence-corrected chi connectivity index (χ1v) is 13.6. The van der Waals surface area contributed by atoms with Gasteiger partial charge in [0.05, 0.1) is 16.7 Å². The summed E-state index contributed by atoms with van der Waals surface area (Å²) in [5.74, 6) is 0.527. The van der Waals surface area contributed by atoms with Crippen molar-refractivity contribution >= 4 is 23.2 Å². The van der Waals surface area contributed by atoms with Crippen LogP contribution in [0.5, 0.6) is 0 Å². The summed E-state index contributed by atoms with van der Waals surface area (Å²) >= 11 is 0. The number of hydrogen-bond donors (Lipinski definition) is 3. The maximum atomic E-state index is 13.9. The number of carbonyl (C=O) groups is 1. The minimum absolute atomic E-state index is 0.0576. The van der Waals surface area contributed by atoms with Crippen LogP contribution >= 0.6 is 0 Å². The van der Waals surface area contributed by atoms with Gasteiger partial charge in [0.25, 0.3) is 0 Å². The van der Waals surface area contributed by atoms with E-state index in [0.29, 0.717) is 18.0 Å². The average molecular weight is 538 g/mol. The Balaban J connectivity index is 1.41. The first-order valence-electron chi connectivity index (χ1n) is 13.6.